The number of phenols is 1. The van der Waals surface area contributed by atoms with Crippen molar-refractivity contribution in [3.8, 4) is 16.9 Å². The number of hydrogen-bond acceptors (Lipinski definition) is 2. The second kappa shape index (κ2) is 7.28. The van der Waals surface area contributed by atoms with E-state index in [1.807, 2.05) is 36.4 Å². The number of benzene rings is 3. The van der Waals surface area contributed by atoms with Gasteiger partial charge in [0.15, 0.2) is 0 Å². The third-order valence-electron chi connectivity index (χ3n) is 5.44. The maximum absolute atomic E-state index is 11.1. The zero-order valence-corrected chi connectivity index (χ0v) is 15.7. The Morgan fingerprint density at radius 3 is 2.33 bits per heavy atom. The van der Waals surface area contributed by atoms with Gasteiger partial charge in [-0.1, -0.05) is 44.2 Å². The van der Waals surface area contributed by atoms with Gasteiger partial charge in [0.1, 0.15) is 5.75 Å². The van der Waals surface area contributed by atoms with E-state index in [0.29, 0.717) is 5.75 Å². The van der Waals surface area contributed by atoms with E-state index in [2.05, 4.69) is 26.5 Å². The number of carboxylic acid groups (broad SMARTS) is 1. The van der Waals surface area contributed by atoms with Crippen molar-refractivity contribution in [3.05, 3.63) is 78.4 Å². The lowest BCUT2D eigenvalue weighted by Gasteiger charge is -2.29. The van der Waals surface area contributed by atoms with Gasteiger partial charge in [-0.25, -0.2) is 4.79 Å². The van der Waals surface area contributed by atoms with Crippen molar-refractivity contribution in [1.29, 1.82) is 0 Å². The molecule has 3 aromatic carbocycles. The fourth-order valence-corrected chi connectivity index (χ4v) is 3.52. The van der Waals surface area contributed by atoms with Gasteiger partial charge in [-0.15, -0.1) is 6.58 Å². The Kier molecular flexibility index (Phi) is 5.04. The maximum Gasteiger partial charge on any atom is 0.335 e. The molecular weight excluding hydrogens is 336 g/mol. The molecule has 0 aromatic heterocycles. The first-order valence-electron chi connectivity index (χ1n) is 9.10. The summed E-state index contributed by atoms with van der Waals surface area (Å²) in [6.07, 6.45) is 3.58. The maximum atomic E-state index is 11.1. The molecule has 1 unspecified atom stereocenters. The second-order valence-electron chi connectivity index (χ2n) is 7.22. The molecule has 0 heterocycles. The number of phenolic OH excluding ortho intramolecular Hbond substituents is 1. The molecule has 0 aliphatic carbocycles. The van der Waals surface area contributed by atoms with Crippen molar-refractivity contribution in [2.45, 2.75) is 32.1 Å². The van der Waals surface area contributed by atoms with Crippen molar-refractivity contribution in [1.82, 2.24) is 0 Å². The molecule has 3 heteroatoms. The van der Waals surface area contributed by atoms with Gasteiger partial charge in [-0.05, 0) is 70.5 Å². The van der Waals surface area contributed by atoms with E-state index in [9.17, 15) is 9.90 Å². The van der Waals surface area contributed by atoms with Gasteiger partial charge < -0.3 is 10.2 Å². The fraction of sp³-hybridized carbons (Fsp3) is 0.208. The minimum absolute atomic E-state index is 0.172. The minimum Gasteiger partial charge on any atom is -0.508 e. The summed E-state index contributed by atoms with van der Waals surface area (Å²) in [5.74, 6) is -0.623. The summed E-state index contributed by atoms with van der Waals surface area (Å²) in [6, 6.07) is 16.8. The molecule has 0 radical (unpaired) electrons. The van der Waals surface area contributed by atoms with Crippen LogP contribution in [0.25, 0.3) is 21.9 Å². The highest BCUT2D eigenvalue weighted by atomic mass is 16.4. The molecule has 3 nitrogen and oxygen atoms in total. The number of rotatable bonds is 6. The zero-order chi connectivity index (χ0) is 19.6. The van der Waals surface area contributed by atoms with Crippen molar-refractivity contribution < 1.29 is 15.0 Å². The predicted molar refractivity (Wildman–Crippen MR) is 110 cm³/mol. The van der Waals surface area contributed by atoms with Crippen LogP contribution in [0.15, 0.2) is 67.3 Å². The molecule has 0 spiro atoms. The minimum atomic E-state index is -0.926. The number of allylic oxidation sites excluding steroid dienone is 1. The molecule has 2 N–H and O–H groups in total. The normalized spacial score (nSPS) is 13.3. The Bertz CT molecular complexity index is 1020. The topological polar surface area (TPSA) is 57.5 Å². The van der Waals surface area contributed by atoms with Crippen LogP contribution < -0.4 is 0 Å². The number of hydrogen-bond donors (Lipinski definition) is 2. The number of carboxylic acids is 1. The summed E-state index contributed by atoms with van der Waals surface area (Å²) in [5, 5.41) is 21.5. The number of aromatic carboxylic acids is 1. The van der Waals surface area contributed by atoms with Gasteiger partial charge in [-0.3, -0.25) is 0 Å². The van der Waals surface area contributed by atoms with Crippen molar-refractivity contribution in [3.63, 3.8) is 0 Å². The van der Waals surface area contributed by atoms with Crippen LogP contribution in [-0.2, 0) is 5.41 Å². The van der Waals surface area contributed by atoms with Crippen LogP contribution >= 0.6 is 0 Å². The second-order valence-corrected chi connectivity index (χ2v) is 7.22. The Balaban J connectivity index is 2.08. The molecule has 0 aliphatic rings. The van der Waals surface area contributed by atoms with Crippen molar-refractivity contribution >= 4 is 16.7 Å². The van der Waals surface area contributed by atoms with Crippen LogP contribution in [0.2, 0.25) is 0 Å². The standard InChI is InChI=1S/C24H24O3/c1-4-12-24(3,5-2)21-15-19(10-11-22(21)25)17-6-7-18-14-20(23(26)27)9-8-16(18)13-17/h4,6-11,13-15,25H,1,5,12H2,2-3H3,(H,26,27). The highest BCUT2D eigenvalue weighted by Crippen LogP contribution is 2.39. The highest BCUT2D eigenvalue weighted by molar-refractivity contribution is 5.95. The average molecular weight is 360 g/mol. The SMILES string of the molecule is C=CCC(C)(CC)c1cc(-c2ccc3cc(C(=O)O)ccc3c2)ccc1O. The van der Waals surface area contributed by atoms with Gasteiger partial charge in [0.05, 0.1) is 5.56 Å². The van der Waals surface area contributed by atoms with Crippen molar-refractivity contribution in [2.24, 2.45) is 0 Å². The summed E-state index contributed by atoms with van der Waals surface area (Å²) in [6.45, 7) is 8.12. The summed E-state index contributed by atoms with van der Waals surface area (Å²) >= 11 is 0. The van der Waals surface area contributed by atoms with Gasteiger partial charge in [0, 0.05) is 5.56 Å². The van der Waals surface area contributed by atoms with Crippen LogP contribution in [0.1, 0.15) is 42.6 Å². The summed E-state index contributed by atoms with van der Waals surface area (Å²) in [7, 11) is 0. The Hall–Kier alpha value is -3.07. The molecule has 3 rings (SSSR count). The molecule has 0 bridgehead atoms. The first-order chi connectivity index (χ1) is 12.9. The lowest BCUT2D eigenvalue weighted by molar-refractivity contribution is 0.0697. The van der Waals surface area contributed by atoms with Gasteiger partial charge in [0.2, 0.25) is 0 Å². The van der Waals surface area contributed by atoms with Crippen LogP contribution in [0.4, 0.5) is 0 Å². The van der Waals surface area contributed by atoms with E-state index in [1.54, 1.807) is 18.2 Å². The number of carbonyl (C=O) groups is 1. The lowest BCUT2D eigenvalue weighted by Crippen LogP contribution is -2.20. The highest BCUT2D eigenvalue weighted by Gasteiger charge is 2.26. The quantitative estimate of drug-likeness (QED) is 0.518. The summed E-state index contributed by atoms with van der Waals surface area (Å²) in [4.78, 5) is 11.1. The van der Waals surface area contributed by atoms with E-state index in [4.69, 9.17) is 5.11 Å². The van der Waals surface area contributed by atoms with E-state index < -0.39 is 5.97 Å². The number of aromatic hydroxyl groups is 1. The molecule has 0 saturated carbocycles. The molecule has 0 amide bonds. The van der Waals surface area contributed by atoms with Gasteiger partial charge >= 0.3 is 5.97 Å². The van der Waals surface area contributed by atoms with Crippen LogP contribution in [0, 0.1) is 0 Å². The van der Waals surface area contributed by atoms with Crippen molar-refractivity contribution in [2.75, 3.05) is 0 Å². The molecule has 27 heavy (non-hydrogen) atoms. The monoisotopic (exact) mass is 360 g/mol. The molecule has 0 fully saturated rings. The van der Waals surface area contributed by atoms with Crippen LogP contribution in [0.3, 0.4) is 0 Å². The lowest BCUT2D eigenvalue weighted by atomic mass is 9.76. The Labute approximate surface area is 159 Å². The summed E-state index contributed by atoms with van der Waals surface area (Å²) < 4.78 is 0. The first kappa shape index (κ1) is 18.7. The molecule has 0 saturated heterocycles. The first-order valence-corrected chi connectivity index (χ1v) is 9.10. The largest absolute Gasteiger partial charge is 0.508 e. The molecule has 1 atom stereocenters. The Morgan fingerprint density at radius 2 is 1.67 bits per heavy atom. The van der Waals surface area contributed by atoms with E-state index in [1.165, 1.54) is 0 Å². The summed E-state index contributed by atoms with van der Waals surface area (Å²) in [5.41, 5.74) is 3.09. The van der Waals surface area contributed by atoms with Crippen LogP contribution in [-0.4, -0.2) is 16.2 Å². The van der Waals surface area contributed by atoms with Crippen LogP contribution in [0.5, 0.6) is 5.75 Å². The molecule has 138 valence electrons. The van der Waals surface area contributed by atoms with Gasteiger partial charge in [-0.2, -0.15) is 0 Å². The third-order valence-corrected chi connectivity index (χ3v) is 5.44. The number of fused-ring (bicyclic) bond motifs is 1. The molecule has 0 aliphatic heterocycles. The average Bonchev–Trinajstić information content (AvgIpc) is 2.67. The third kappa shape index (κ3) is 3.59. The van der Waals surface area contributed by atoms with E-state index in [0.717, 1.165) is 40.3 Å². The zero-order valence-electron chi connectivity index (χ0n) is 15.7. The Morgan fingerprint density at radius 1 is 1.04 bits per heavy atom. The van der Waals surface area contributed by atoms with Gasteiger partial charge in [0.25, 0.3) is 0 Å². The van der Waals surface area contributed by atoms with E-state index >= 15 is 0 Å². The molecular formula is C24H24O3. The fourth-order valence-electron chi connectivity index (χ4n) is 3.52. The predicted octanol–water partition coefficient (Wildman–Crippen LogP) is 6.15. The van der Waals surface area contributed by atoms with E-state index in [-0.39, 0.29) is 11.0 Å². The molecule has 3 aromatic rings. The smallest absolute Gasteiger partial charge is 0.335 e.